The summed E-state index contributed by atoms with van der Waals surface area (Å²) in [4.78, 5) is 19.4. The number of aldehydes is 1. The van der Waals surface area contributed by atoms with Crippen LogP contribution in [0.3, 0.4) is 0 Å². The van der Waals surface area contributed by atoms with Crippen molar-refractivity contribution in [1.82, 2.24) is 0 Å². The zero-order valence-corrected chi connectivity index (χ0v) is 5.91. The molecule has 0 bridgehead atoms. The SMILES string of the molecule is O=CCC(F)C(F)C(F)C(=O)O. The minimum absolute atomic E-state index is 0.0613. The van der Waals surface area contributed by atoms with E-state index in [9.17, 15) is 22.8 Å². The maximum Gasteiger partial charge on any atom is 0.341 e. The first-order valence-corrected chi connectivity index (χ1v) is 3.09. The van der Waals surface area contributed by atoms with Crippen molar-refractivity contribution < 1.29 is 27.9 Å². The Hall–Kier alpha value is -1.07. The lowest BCUT2D eigenvalue weighted by Gasteiger charge is -2.11. The van der Waals surface area contributed by atoms with E-state index >= 15 is 0 Å². The highest BCUT2D eigenvalue weighted by Crippen LogP contribution is 2.14. The van der Waals surface area contributed by atoms with Crippen molar-refractivity contribution in [3.8, 4) is 0 Å². The normalized spacial score (nSPS) is 17.9. The van der Waals surface area contributed by atoms with Gasteiger partial charge < -0.3 is 9.90 Å². The molecule has 3 unspecified atom stereocenters. The van der Waals surface area contributed by atoms with Gasteiger partial charge in [0.05, 0.1) is 0 Å². The maximum absolute atomic E-state index is 12.3. The first-order chi connectivity index (χ1) is 5.50. The van der Waals surface area contributed by atoms with Crippen molar-refractivity contribution >= 4 is 12.3 Å². The largest absolute Gasteiger partial charge is 0.479 e. The van der Waals surface area contributed by atoms with E-state index in [4.69, 9.17) is 5.11 Å². The molecule has 0 radical (unpaired) electrons. The van der Waals surface area contributed by atoms with Gasteiger partial charge in [-0.1, -0.05) is 0 Å². The van der Waals surface area contributed by atoms with Gasteiger partial charge in [-0.05, 0) is 0 Å². The molecule has 6 heteroatoms. The summed E-state index contributed by atoms with van der Waals surface area (Å²) in [5, 5.41) is 7.90. The van der Waals surface area contributed by atoms with Crippen LogP contribution in [0.15, 0.2) is 0 Å². The molecule has 0 saturated heterocycles. The van der Waals surface area contributed by atoms with Crippen LogP contribution in [0.25, 0.3) is 0 Å². The topological polar surface area (TPSA) is 54.4 Å². The van der Waals surface area contributed by atoms with Crippen molar-refractivity contribution in [2.24, 2.45) is 0 Å². The molecule has 3 atom stereocenters. The average Bonchev–Trinajstić information content (AvgIpc) is 2.02. The van der Waals surface area contributed by atoms with Crippen molar-refractivity contribution in [3.63, 3.8) is 0 Å². The highest BCUT2D eigenvalue weighted by Gasteiger charge is 2.34. The van der Waals surface area contributed by atoms with Gasteiger partial charge in [0.1, 0.15) is 12.5 Å². The number of carboxylic acid groups (broad SMARTS) is 1. The minimum atomic E-state index is -2.92. The number of aliphatic carboxylic acids is 1. The van der Waals surface area contributed by atoms with Crippen molar-refractivity contribution in [1.29, 1.82) is 0 Å². The summed E-state index contributed by atoms with van der Waals surface area (Å²) < 4.78 is 36.8. The molecule has 0 fully saturated rings. The second kappa shape index (κ2) is 4.74. The summed E-state index contributed by atoms with van der Waals surface area (Å²) >= 11 is 0. The average molecular weight is 184 g/mol. The molecular weight excluding hydrogens is 177 g/mol. The summed E-state index contributed by atoms with van der Waals surface area (Å²) in [7, 11) is 0. The van der Waals surface area contributed by atoms with Gasteiger partial charge in [-0.25, -0.2) is 18.0 Å². The zero-order chi connectivity index (χ0) is 9.72. The van der Waals surface area contributed by atoms with Crippen molar-refractivity contribution in [2.75, 3.05) is 0 Å². The van der Waals surface area contributed by atoms with E-state index in [0.29, 0.717) is 0 Å². The summed E-state index contributed by atoms with van der Waals surface area (Å²) in [6.45, 7) is 0. The standard InChI is InChI=1S/C6H7F3O3/c7-3(1-2-10)4(8)5(9)6(11)12/h2-5H,1H2,(H,11,12). The second-order valence-electron chi connectivity index (χ2n) is 2.10. The number of halogens is 3. The summed E-state index contributed by atoms with van der Waals surface area (Å²) in [6.07, 6.45) is -8.87. The van der Waals surface area contributed by atoms with Gasteiger partial charge >= 0.3 is 5.97 Å². The van der Waals surface area contributed by atoms with Crippen molar-refractivity contribution in [2.45, 2.75) is 24.9 Å². The van der Waals surface area contributed by atoms with E-state index in [1.54, 1.807) is 0 Å². The van der Waals surface area contributed by atoms with E-state index < -0.39 is 30.9 Å². The molecule has 0 saturated carbocycles. The molecule has 0 aliphatic carbocycles. The lowest BCUT2D eigenvalue weighted by Crippen LogP contribution is -2.34. The molecular formula is C6H7F3O3. The molecule has 12 heavy (non-hydrogen) atoms. The summed E-state index contributed by atoms with van der Waals surface area (Å²) in [6, 6.07) is 0. The number of carbonyl (C=O) groups is 2. The second-order valence-corrected chi connectivity index (χ2v) is 2.10. The van der Waals surface area contributed by atoms with Crippen molar-refractivity contribution in [3.05, 3.63) is 0 Å². The molecule has 0 aromatic heterocycles. The Morgan fingerprint density at radius 2 is 1.92 bits per heavy atom. The zero-order valence-electron chi connectivity index (χ0n) is 5.91. The fraction of sp³-hybridized carbons (Fsp3) is 0.667. The van der Waals surface area contributed by atoms with E-state index in [1.165, 1.54) is 0 Å². The van der Waals surface area contributed by atoms with E-state index in [1.807, 2.05) is 0 Å². The monoisotopic (exact) mass is 184 g/mol. The molecule has 0 aromatic carbocycles. The number of carboxylic acids is 1. The number of hydrogen-bond acceptors (Lipinski definition) is 2. The molecule has 0 aromatic rings. The van der Waals surface area contributed by atoms with E-state index in [0.717, 1.165) is 0 Å². The Morgan fingerprint density at radius 1 is 1.42 bits per heavy atom. The molecule has 0 spiro atoms. The van der Waals surface area contributed by atoms with E-state index in [2.05, 4.69) is 0 Å². The van der Waals surface area contributed by atoms with Gasteiger partial charge in [-0.2, -0.15) is 0 Å². The van der Waals surface area contributed by atoms with Crippen LogP contribution in [0, 0.1) is 0 Å². The maximum atomic E-state index is 12.3. The van der Waals surface area contributed by atoms with Gasteiger partial charge in [-0.3, -0.25) is 0 Å². The predicted octanol–water partition coefficient (Wildman–Crippen LogP) is 0.674. The quantitative estimate of drug-likeness (QED) is 0.639. The van der Waals surface area contributed by atoms with Gasteiger partial charge in [0.2, 0.25) is 6.17 Å². The lowest BCUT2D eigenvalue weighted by atomic mass is 10.1. The van der Waals surface area contributed by atoms with Crippen LogP contribution in [0.1, 0.15) is 6.42 Å². The number of hydrogen-bond donors (Lipinski definition) is 1. The third kappa shape index (κ3) is 2.89. The Bertz CT molecular complexity index is 173. The molecule has 0 aliphatic heterocycles. The van der Waals surface area contributed by atoms with Gasteiger partial charge in [0.25, 0.3) is 0 Å². The van der Waals surface area contributed by atoms with Crippen LogP contribution in [0.2, 0.25) is 0 Å². The Kier molecular flexibility index (Phi) is 4.31. The summed E-state index contributed by atoms with van der Waals surface area (Å²) in [5.41, 5.74) is 0. The molecule has 0 aliphatic rings. The molecule has 70 valence electrons. The van der Waals surface area contributed by atoms with Crippen LogP contribution in [-0.4, -0.2) is 35.9 Å². The molecule has 0 rings (SSSR count). The van der Waals surface area contributed by atoms with E-state index in [-0.39, 0.29) is 6.29 Å². The van der Waals surface area contributed by atoms with Crippen LogP contribution in [0.5, 0.6) is 0 Å². The minimum Gasteiger partial charge on any atom is -0.479 e. The summed E-state index contributed by atoms with van der Waals surface area (Å²) in [5.74, 6) is -2.07. The Balaban J connectivity index is 4.07. The van der Waals surface area contributed by atoms with Crippen LogP contribution in [-0.2, 0) is 9.59 Å². The Labute approximate surface area is 66.2 Å². The van der Waals surface area contributed by atoms with Crippen LogP contribution >= 0.6 is 0 Å². The van der Waals surface area contributed by atoms with Gasteiger partial charge in [-0.15, -0.1) is 0 Å². The van der Waals surface area contributed by atoms with Crippen LogP contribution < -0.4 is 0 Å². The molecule has 0 heterocycles. The molecule has 3 nitrogen and oxygen atoms in total. The number of carbonyl (C=O) groups excluding carboxylic acids is 1. The Morgan fingerprint density at radius 3 is 2.25 bits per heavy atom. The highest BCUT2D eigenvalue weighted by molar-refractivity contribution is 5.73. The third-order valence-corrected chi connectivity index (χ3v) is 1.18. The van der Waals surface area contributed by atoms with Gasteiger partial charge in [0, 0.05) is 6.42 Å². The lowest BCUT2D eigenvalue weighted by molar-refractivity contribution is -0.146. The number of alkyl halides is 3. The fourth-order valence-electron chi connectivity index (χ4n) is 0.541. The molecule has 0 amide bonds. The molecule has 1 N–H and O–H groups in total. The number of rotatable bonds is 5. The predicted molar refractivity (Wildman–Crippen MR) is 33.0 cm³/mol. The first kappa shape index (κ1) is 10.9. The highest BCUT2D eigenvalue weighted by atomic mass is 19.2. The smallest absolute Gasteiger partial charge is 0.341 e. The van der Waals surface area contributed by atoms with Crippen LogP contribution in [0.4, 0.5) is 13.2 Å². The third-order valence-electron chi connectivity index (χ3n) is 1.18. The van der Waals surface area contributed by atoms with Gasteiger partial charge in [0.15, 0.2) is 6.17 Å². The fourth-order valence-corrected chi connectivity index (χ4v) is 0.541. The first-order valence-electron chi connectivity index (χ1n) is 3.09.